The third kappa shape index (κ3) is 1.73. The summed E-state index contributed by atoms with van der Waals surface area (Å²) < 4.78 is 1.29. The van der Waals surface area contributed by atoms with E-state index in [1.54, 1.807) is 5.19 Å². The molecule has 0 radical (unpaired) electrons. The summed E-state index contributed by atoms with van der Waals surface area (Å²) in [6, 6.07) is 4.66. The van der Waals surface area contributed by atoms with Crippen molar-refractivity contribution < 1.29 is 0 Å². The van der Waals surface area contributed by atoms with Gasteiger partial charge in [-0.25, -0.2) is 0 Å². The number of rotatable bonds is 1. The summed E-state index contributed by atoms with van der Waals surface area (Å²) in [7, 11) is -1.20. The normalized spacial score (nSPS) is 14.6. The molecule has 0 saturated heterocycles. The van der Waals surface area contributed by atoms with Crippen LogP contribution in [0.1, 0.15) is 11.1 Å². The molecule has 0 nitrogen and oxygen atoms in total. The van der Waals surface area contributed by atoms with E-state index >= 15 is 0 Å². The first-order valence-corrected chi connectivity index (χ1v) is 9.27. The zero-order valence-electron chi connectivity index (χ0n) is 8.89. The lowest BCUT2D eigenvalue weighted by atomic mass is 10.1. The zero-order valence-corrected chi connectivity index (χ0v) is 11.5. The van der Waals surface area contributed by atoms with Gasteiger partial charge >= 0.3 is 0 Å². The van der Waals surface area contributed by atoms with Crippen molar-refractivity contribution in [2.24, 2.45) is 0 Å². The van der Waals surface area contributed by atoms with Gasteiger partial charge in [0.25, 0.3) is 0 Å². The molecule has 1 aromatic carbocycles. The Morgan fingerprint density at radius 2 is 1.93 bits per heavy atom. The quantitative estimate of drug-likeness (QED) is 0.682. The minimum absolute atomic E-state index is 1.11. The molecule has 0 bridgehead atoms. The van der Waals surface area contributed by atoms with Crippen molar-refractivity contribution in [1.82, 2.24) is 0 Å². The summed E-state index contributed by atoms with van der Waals surface area (Å²) in [5.74, 6) is 0. The smallest absolute Gasteiger partial charge is 0.0790 e. The molecule has 2 heteroatoms. The molecule has 0 aliphatic heterocycles. The van der Waals surface area contributed by atoms with E-state index in [1.165, 1.54) is 15.6 Å². The molecule has 0 aromatic heterocycles. The lowest BCUT2D eigenvalue weighted by Crippen LogP contribution is -2.38. The van der Waals surface area contributed by atoms with Crippen LogP contribution in [-0.2, 0) is 6.42 Å². The molecule has 1 aromatic rings. The number of benzene rings is 1. The molecule has 1 aliphatic rings. The van der Waals surface area contributed by atoms with Gasteiger partial charge in [-0.05, 0) is 28.8 Å². The van der Waals surface area contributed by atoms with Gasteiger partial charge in [0.15, 0.2) is 0 Å². The molecule has 0 N–H and O–H groups in total. The molecule has 0 amide bonds. The van der Waals surface area contributed by atoms with Gasteiger partial charge in [0.2, 0.25) is 0 Å². The monoisotopic (exact) mass is 266 g/mol. The van der Waals surface area contributed by atoms with Gasteiger partial charge in [0, 0.05) is 4.47 Å². The Hall–Kier alpha value is -0.343. The van der Waals surface area contributed by atoms with E-state index in [0.29, 0.717) is 0 Å². The Bertz CT molecular complexity index is 400. The third-order valence-corrected chi connectivity index (χ3v) is 5.72. The molecular weight excluding hydrogens is 252 g/mol. The Morgan fingerprint density at radius 3 is 2.57 bits per heavy atom. The van der Waals surface area contributed by atoms with Gasteiger partial charge in [-0.1, -0.05) is 53.8 Å². The Kier molecular flexibility index (Phi) is 2.44. The molecule has 0 spiro atoms. The number of hydrogen-bond donors (Lipinski definition) is 0. The van der Waals surface area contributed by atoms with Crippen LogP contribution in [0, 0.1) is 0 Å². The van der Waals surface area contributed by atoms with Crippen molar-refractivity contribution in [3.8, 4) is 0 Å². The van der Waals surface area contributed by atoms with Crippen molar-refractivity contribution in [1.29, 1.82) is 0 Å². The summed E-state index contributed by atoms with van der Waals surface area (Å²) in [6.07, 6.45) is 5.57. The van der Waals surface area contributed by atoms with Gasteiger partial charge in [0.05, 0.1) is 8.07 Å². The van der Waals surface area contributed by atoms with Crippen LogP contribution in [0.2, 0.25) is 19.6 Å². The maximum atomic E-state index is 3.69. The van der Waals surface area contributed by atoms with Crippen molar-refractivity contribution in [3.63, 3.8) is 0 Å². The molecule has 0 unspecified atom stereocenters. The second-order valence-electron chi connectivity index (χ2n) is 4.89. The van der Waals surface area contributed by atoms with Crippen LogP contribution in [0.15, 0.2) is 22.7 Å². The number of fused-ring (bicyclic) bond motifs is 1. The van der Waals surface area contributed by atoms with Gasteiger partial charge in [0.1, 0.15) is 0 Å². The van der Waals surface area contributed by atoms with Crippen LogP contribution in [0.4, 0.5) is 0 Å². The van der Waals surface area contributed by atoms with Gasteiger partial charge in [-0.2, -0.15) is 0 Å². The van der Waals surface area contributed by atoms with E-state index in [0.717, 1.165) is 6.42 Å². The minimum Gasteiger partial charge on any atom is -0.0795 e. The second kappa shape index (κ2) is 3.35. The number of halogens is 1. The van der Waals surface area contributed by atoms with E-state index in [2.05, 4.69) is 59.9 Å². The summed E-state index contributed by atoms with van der Waals surface area (Å²) in [4.78, 5) is 0. The highest BCUT2D eigenvalue weighted by Crippen LogP contribution is 2.24. The van der Waals surface area contributed by atoms with E-state index in [4.69, 9.17) is 0 Å². The van der Waals surface area contributed by atoms with Crippen LogP contribution >= 0.6 is 15.9 Å². The summed E-state index contributed by atoms with van der Waals surface area (Å²) >= 11 is 3.69. The van der Waals surface area contributed by atoms with Gasteiger partial charge in [-0.3, -0.25) is 0 Å². The average Bonchev–Trinajstić information content (AvgIpc) is 2.47. The van der Waals surface area contributed by atoms with Crippen molar-refractivity contribution in [2.45, 2.75) is 26.1 Å². The fourth-order valence-electron chi connectivity index (χ4n) is 1.85. The largest absolute Gasteiger partial charge is 0.0795 e. The van der Waals surface area contributed by atoms with Crippen LogP contribution in [0.25, 0.3) is 6.08 Å². The lowest BCUT2D eigenvalue weighted by Gasteiger charge is -2.20. The fraction of sp³-hybridized carbons (Fsp3) is 0.333. The van der Waals surface area contributed by atoms with Crippen molar-refractivity contribution >= 4 is 35.3 Å². The highest BCUT2D eigenvalue weighted by molar-refractivity contribution is 9.10. The topological polar surface area (TPSA) is 0 Å². The highest BCUT2D eigenvalue weighted by atomic mass is 79.9. The molecule has 14 heavy (non-hydrogen) atoms. The molecule has 2 rings (SSSR count). The highest BCUT2D eigenvalue weighted by Gasteiger charge is 2.21. The van der Waals surface area contributed by atoms with Crippen molar-refractivity contribution in [2.75, 3.05) is 0 Å². The predicted molar refractivity (Wildman–Crippen MR) is 69.9 cm³/mol. The van der Waals surface area contributed by atoms with Gasteiger partial charge < -0.3 is 0 Å². The minimum atomic E-state index is -1.20. The average molecular weight is 267 g/mol. The molecule has 0 fully saturated rings. The first kappa shape index (κ1) is 10.2. The lowest BCUT2D eigenvalue weighted by molar-refractivity contribution is 1.31. The van der Waals surface area contributed by atoms with E-state index in [-0.39, 0.29) is 0 Å². The summed E-state index contributed by atoms with van der Waals surface area (Å²) in [5, 5.41) is 1.54. The first-order chi connectivity index (χ1) is 6.48. The molecule has 0 saturated carbocycles. The standard InChI is InChI=1S/C12H15BrSi/c1-14(2,3)12-8-10-6-4-5-9(10)7-11(12)13/h4-5,7-8H,6H2,1-3H3. The van der Waals surface area contributed by atoms with E-state index in [9.17, 15) is 0 Å². The number of allylic oxidation sites excluding steroid dienone is 1. The van der Waals surface area contributed by atoms with Crippen molar-refractivity contribution in [3.05, 3.63) is 33.8 Å². The molecule has 1 aliphatic carbocycles. The first-order valence-electron chi connectivity index (χ1n) is 4.98. The maximum Gasteiger partial charge on any atom is 0.0790 e. The predicted octanol–water partition coefficient (Wildman–Crippen LogP) is 3.56. The Morgan fingerprint density at radius 1 is 1.21 bits per heavy atom. The summed E-state index contributed by atoms with van der Waals surface area (Å²) in [5.41, 5.74) is 2.88. The summed E-state index contributed by atoms with van der Waals surface area (Å²) in [6.45, 7) is 7.17. The Balaban J connectivity index is 2.56. The Labute approximate surface area is 95.2 Å². The zero-order chi connectivity index (χ0) is 10.3. The van der Waals surface area contributed by atoms with E-state index in [1.807, 2.05) is 0 Å². The molecule has 0 heterocycles. The molecule has 74 valence electrons. The molecular formula is C12H15BrSi. The van der Waals surface area contributed by atoms with Crippen LogP contribution in [0.5, 0.6) is 0 Å². The second-order valence-corrected chi connectivity index (χ2v) is 10.8. The van der Waals surface area contributed by atoms with Crippen LogP contribution in [0.3, 0.4) is 0 Å². The van der Waals surface area contributed by atoms with E-state index < -0.39 is 8.07 Å². The van der Waals surface area contributed by atoms with Crippen LogP contribution < -0.4 is 5.19 Å². The molecule has 0 atom stereocenters. The third-order valence-electron chi connectivity index (χ3n) is 2.67. The fourth-order valence-corrected chi connectivity index (χ4v) is 5.39. The van der Waals surface area contributed by atoms with Gasteiger partial charge in [-0.15, -0.1) is 0 Å². The maximum absolute atomic E-state index is 3.69. The number of hydrogen-bond acceptors (Lipinski definition) is 0. The SMILES string of the molecule is C[Si](C)(C)c1cc2c(cc1Br)C=CC2. The van der Waals surface area contributed by atoms with Crippen LogP contribution in [-0.4, -0.2) is 8.07 Å².